The van der Waals surface area contributed by atoms with E-state index < -0.39 is 0 Å². The third-order valence-corrected chi connectivity index (χ3v) is 4.23. The molecule has 1 N–H and O–H groups in total. The number of phenols is 1. The van der Waals surface area contributed by atoms with Crippen LogP contribution < -0.4 is 9.64 Å². The van der Waals surface area contributed by atoms with Gasteiger partial charge in [-0.1, -0.05) is 18.2 Å². The summed E-state index contributed by atoms with van der Waals surface area (Å²) in [5.41, 5.74) is 2.61. The maximum absolute atomic E-state index is 12.7. The number of para-hydroxylation sites is 1. The van der Waals surface area contributed by atoms with Crippen LogP contribution in [0.5, 0.6) is 11.5 Å². The Morgan fingerprint density at radius 2 is 2.10 bits per heavy atom. The first kappa shape index (κ1) is 13.9. The smallest absolute Gasteiger partial charge is 0.258 e. The standard InChI is InChI=1S/C16H14BrNO3/c1-21-14-9-11(8-12(17)15(14)19)16(20)18-7-6-10-4-2-3-5-13(10)18/h2-5,8-9,19H,6-7H2,1H3. The predicted molar refractivity (Wildman–Crippen MR) is 84.2 cm³/mol. The van der Waals surface area contributed by atoms with Crippen molar-refractivity contribution in [3.63, 3.8) is 0 Å². The molecule has 21 heavy (non-hydrogen) atoms. The van der Waals surface area contributed by atoms with E-state index in [9.17, 15) is 9.90 Å². The average Bonchev–Trinajstić information content (AvgIpc) is 2.93. The summed E-state index contributed by atoms with van der Waals surface area (Å²) in [7, 11) is 1.46. The van der Waals surface area contributed by atoms with Gasteiger partial charge >= 0.3 is 0 Å². The molecule has 0 aliphatic carbocycles. The number of carbonyl (C=O) groups is 1. The second-order valence-electron chi connectivity index (χ2n) is 4.84. The molecule has 0 atom stereocenters. The molecule has 1 heterocycles. The summed E-state index contributed by atoms with van der Waals surface area (Å²) in [5, 5.41) is 9.83. The zero-order chi connectivity index (χ0) is 15.0. The van der Waals surface area contributed by atoms with Crippen LogP contribution in [0.15, 0.2) is 40.9 Å². The Morgan fingerprint density at radius 1 is 1.33 bits per heavy atom. The molecule has 1 aliphatic rings. The van der Waals surface area contributed by atoms with Crippen molar-refractivity contribution < 1.29 is 14.6 Å². The van der Waals surface area contributed by atoms with Crippen LogP contribution in [0.4, 0.5) is 5.69 Å². The molecule has 2 aromatic carbocycles. The van der Waals surface area contributed by atoms with Gasteiger partial charge in [0.1, 0.15) is 0 Å². The lowest BCUT2D eigenvalue weighted by molar-refractivity contribution is 0.0989. The second kappa shape index (κ2) is 5.41. The van der Waals surface area contributed by atoms with Gasteiger partial charge in [-0.05, 0) is 46.1 Å². The van der Waals surface area contributed by atoms with Crippen molar-refractivity contribution in [3.8, 4) is 11.5 Å². The average molecular weight is 348 g/mol. The molecule has 0 unspecified atom stereocenters. The van der Waals surface area contributed by atoms with Gasteiger partial charge in [-0.15, -0.1) is 0 Å². The van der Waals surface area contributed by atoms with Gasteiger partial charge in [-0.25, -0.2) is 0 Å². The van der Waals surface area contributed by atoms with Crippen molar-refractivity contribution in [1.82, 2.24) is 0 Å². The van der Waals surface area contributed by atoms with E-state index >= 15 is 0 Å². The fourth-order valence-corrected chi connectivity index (χ4v) is 3.00. The van der Waals surface area contributed by atoms with Gasteiger partial charge in [0, 0.05) is 17.8 Å². The topological polar surface area (TPSA) is 49.8 Å². The number of phenolic OH excluding ortho intramolecular Hbond substituents is 1. The van der Waals surface area contributed by atoms with Crippen LogP contribution in [0.25, 0.3) is 0 Å². The van der Waals surface area contributed by atoms with Crippen molar-refractivity contribution in [2.75, 3.05) is 18.6 Å². The van der Waals surface area contributed by atoms with E-state index in [0.717, 1.165) is 12.1 Å². The highest BCUT2D eigenvalue weighted by Gasteiger charge is 2.26. The highest BCUT2D eigenvalue weighted by Crippen LogP contribution is 2.36. The lowest BCUT2D eigenvalue weighted by Gasteiger charge is -2.18. The molecule has 5 heteroatoms. The zero-order valence-corrected chi connectivity index (χ0v) is 13.1. The summed E-state index contributed by atoms with van der Waals surface area (Å²) in [4.78, 5) is 14.5. The lowest BCUT2D eigenvalue weighted by atomic mass is 10.1. The second-order valence-corrected chi connectivity index (χ2v) is 5.70. The van der Waals surface area contributed by atoms with Crippen LogP contribution in [0.3, 0.4) is 0 Å². The van der Waals surface area contributed by atoms with Gasteiger partial charge in [0.15, 0.2) is 11.5 Å². The molecule has 0 saturated heterocycles. The Kier molecular flexibility index (Phi) is 3.59. The number of hydrogen-bond donors (Lipinski definition) is 1. The van der Waals surface area contributed by atoms with Crippen molar-refractivity contribution in [2.24, 2.45) is 0 Å². The lowest BCUT2D eigenvalue weighted by Crippen LogP contribution is -2.28. The summed E-state index contributed by atoms with van der Waals surface area (Å²) in [6.07, 6.45) is 0.859. The number of halogens is 1. The Hall–Kier alpha value is -2.01. The van der Waals surface area contributed by atoms with Crippen molar-refractivity contribution in [3.05, 3.63) is 52.0 Å². The first-order valence-electron chi connectivity index (χ1n) is 6.58. The minimum atomic E-state index is -0.0982. The Morgan fingerprint density at radius 3 is 2.86 bits per heavy atom. The number of rotatable bonds is 2. The summed E-state index contributed by atoms with van der Waals surface area (Å²) in [6, 6.07) is 11.1. The van der Waals surface area contributed by atoms with E-state index in [-0.39, 0.29) is 17.4 Å². The number of fused-ring (bicyclic) bond motifs is 1. The summed E-state index contributed by atoms with van der Waals surface area (Å²) in [5.74, 6) is 0.176. The van der Waals surface area contributed by atoms with Gasteiger partial charge in [0.2, 0.25) is 0 Å². The Bertz CT molecular complexity index is 715. The fraction of sp³-hybridized carbons (Fsp3) is 0.188. The van der Waals surface area contributed by atoms with Crippen molar-refractivity contribution in [2.45, 2.75) is 6.42 Å². The molecule has 1 aliphatic heterocycles. The van der Waals surface area contributed by atoms with Crippen molar-refractivity contribution >= 4 is 27.5 Å². The number of hydrogen-bond acceptors (Lipinski definition) is 3. The molecule has 0 aromatic heterocycles. The molecule has 0 bridgehead atoms. The van der Waals surface area contributed by atoms with Crippen LogP contribution in [0.1, 0.15) is 15.9 Å². The number of methoxy groups -OCH3 is 1. The number of ether oxygens (including phenoxy) is 1. The summed E-state index contributed by atoms with van der Waals surface area (Å²) >= 11 is 3.25. The molecule has 1 amide bonds. The molecule has 0 spiro atoms. The first-order chi connectivity index (χ1) is 10.1. The minimum Gasteiger partial charge on any atom is -0.503 e. The van der Waals surface area contributed by atoms with Crippen LogP contribution in [-0.2, 0) is 6.42 Å². The predicted octanol–water partition coefficient (Wildman–Crippen LogP) is 3.37. The SMILES string of the molecule is COc1cc(C(=O)N2CCc3ccccc32)cc(Br)c1O. The number of anilines is 1. The van der Waals surface area contributed by atoms with Crippen LogP contribution in [0, 0.1) is 0 Å². The number of amides is 1. The number of carbonyl (C=O) groups excluding carboxylic acids is 1. The first-order valence-corrected chi connectivity index (χ1v) is 7.37. The van der Waals surface area contributed by atoms with Gasteiger partial charge < -0.3 is 14.7 Å². The molecule has 0 radical (unpaired) electrons. The molecule has 4 nitrogen and oxygen atoms in total. The van der Waals surface area contributed by atoms with E-state index in [1.165, 1.54) is 12.7 Å². The third kappa shape index (κ3) is 2.38. The Balaban J connectivity index is 1.99. The van der Waals surface area contributed by atoms with Crippen LogP contribution in [-0.4, -0.2) is 24.7 Å². The molecule has 3 rings (SSSR count). The van der Waals surface area contributed by atoms with Gasteiger partial charge in [0.25, 0.3) is 5.91 Å². The van der Waals surface area contributed by atoms with E-state index in [1.54, 1.807) is 17.0 Å². The monoisotopic (exact) mass is 347 g/mol. The number of nitrogens with zero attached hydrogens (tertiary/aromatic N) is 1. The van der Waals surface area contributed by atoms with E-state index in [1.807, 2.05) is 24.3 Å². The highest BCUT2D eigenvalue weighted by atomic mass is 79.9. The number of aromatic hydroxyl groups is 1. The van der Waals surface area contributed by atoms with Gasteiger partial charge in [-0.3, -0.25) is 4.79 Å². The summed E-state index contributed by atoms with van der Waals surface area (Å²) in [6.45, 7) is 0.666. The minimum absolute atomic E-state index is 0.00382. The molecular formula is C16H14BrNO3. The van der Waals surface area contributed by atoms with Crippen molar-refractivity contribution in [1.29, 1.82) is 0 Å². The quantitative estimate of drug-likeness (QED) is 0.905. The van der Waals surface area contributed by atoms with E-state index in [4.69, 9.17) is 4.74 Å². The van der Waals surface area contributed by atoms with E-state index in [2.05, 4.69) is 15.9 Å². The van der Waals surface area contributed by atoms with Crippen LogP contribution >= 0.6 is 15.9 Å². The molecule has 0 saturated carbocycles. The zero-order valence-electron chi connectivity index (χ0n) is 11.5. The summed E-state index contributed by atoms with van der Waals surface area (Å²) < 4.78 is 5.54. The van der Waals surface area contributed by atoms with E-state index in [0.29, 0.717) is 16.6 Å². The highest BCUT2D eigenvalue weighted by molar-refractivity contribution is 9.10. The van der Waals surface area contributed by atoms with Gasteiger partial charge in [0.05, 0.1) is 11.6 Å². The normalized spacial score (nSPS) is 13.1. The molecule has 108 valence electrons. The third-order valence-electron chi connectivity index (χ3n) is 3.63. The molecule has 0 fully saturated rings. The Labute approximate surface area is 131 Å². The fourth-order valence-electron chi connectivity index (χ4n) is 2.56. The molecule has 2 aromatic rings. The number of benzene rings is 2. The van der Waals surface area contributed by atoms with Gasteiger partial charge in [-0.2, -0.15) is 0 Å². The largest absolute Gasteiger partial charge is 0.503 e. The molecular weight excluding hydrogens is 334 g/mol. The maximum Gasteiger partial charge on any atom is 0.258 e. The maximum atomic E-state index is 12.7. The van der Waals surface area contributed by atoms with Crippen LogP contribution in [0.2, 0.25) is 0 Å².